The molecule has 20 heavy (non-hydrogen) atoms. The predicted molar refractivity (Wildman–Crippen MR) is 71.2 cm³/mol. The first kappa shape index (κ1) is 15.0. The molecule has 1 aromatic carbocycles. The maximum absolute atomic E-state index is 12.9. The minimum atomic E-state index is -4.54. The third-order valence-corrected chi connectivity index (χ3v) is 4.99. The molecule has 1 atom stereocenters. The lowest BCUT2D eigenvalue weighted by molar-refractivity contribution is -0.136. The Balaban J connectivity index is 2.25. The van der Waals surface area contributed by atoms with Crippen molar-refractivity contribution in [2.45, 2.75) is 25.1 Å². The van der Waals surface area contributed by atoms with Gasteiger partial charge in [-0.05, 0) is 31.0 Å². The van der Waals surface area contributed by atoms with Crippen LogP contribution in [-0.2, 0) is 16.0 Å². The highest BCUT2D eigenvalue weighted by molar-refractivity contribution is 7.91. The van der Waals surface area contributed by atoms with E-state index in [1.165, 1.54) is 12.1 Å². The summed E-state index contributed by atoms with van der Waals surface area (Å²) in [6.45, 7) is 0. The molecule has 0 amide bonds. The summed E-state index contributed by atoms with van der Waals surface area (Å²) in [6, 6.07) is 2.94. The molecule has 0 radical (unpaired) electrons. The first-order valence-corrected chi connectivity index (χ1v) is 7.93. The number of sulfone groups is 1. The van der Waals surface area contributed by atoms with Crippen molar-refractivity contribution >= 4 is 21.2 Å². The second-order valence-corrected chi connectivity index (χ2v) is 7.13. The highest BCUT2D eigenvalue weighted by atomic mass is 32.2. The maximum atomic E-state index is 12.9. The normalized spacial score (nSPS) is 22.4. The molecule has 0 saturated carbocycles. The first-order valence-electron chi connectivity index (χ1n) is 6.11. The van der Waals surface area contributed by atoms with Crippen molar-refractivity contribution in [3.8, 4) is 0 Å². The van der Waals surface area contributed by atoms with Crippen LogP contribution in [0.4, 0.5) is 24.5 Å². The van der Waals surface area contributed by atoms with E-state index in [9.17, 15) is 21.6 Å². The lowest BCUT2D eigenvalue weighted by atomic mass is 10.1. The number of alkyl halides is 3. The zero-order valence-corrected chi connectivity index (χ0v) is 11.4. The molecule has 1 aromatic rings. The van der Waals surface area contributed by atoms with Gasteiger partial charge in [0.25, 0.3) is 0 Å². The van der Waals surface area contributed by atoms with E-state index in [4.69, 9.17) is 5.73 Å². The van der Waals surface area contributed by atoms with E-state index in [1.807, 2.05) is 0 Å². The summed E-state index contributed by atoms with van der Waals surface area (Å²) in [5.41, 5.74) is 4.38. The Morgan fingerprint density at radius 1 is 1.30 bits per heavy atom. The predicted octanol–water partition coefficient (Wildman–Crippen LogP) is 2.28. The van der Waals surface area contributed by atoms with Crippen molar-refractivity contribution in [1.29, 1.82) is 0 Å². The van der Waals surface area contributed by atoms with Crippen LogP contribution in [0.3, 0.4) is 0 Å². The molecular formula is C12H15F3N2O2S. The van der Waals surface area contributed by atoms with Gasteiger partial charge in [0.2, 0.25) is 0 Å². The van der Waals surface area contributed by atoms with Gasteiger partial charge in [-0.1, -0.05) is 0 Å². The average Bonchev–Trinajstić information content (AvgIpc) is 2.29. The minimum Gasteiger partial charge on any atom is -0.399 e. The molecule has 8 heteroatoms. The molecule has 3 N–H and O–H groups in total. The van der Waals surface area contributed by atoms with E-state index >= 15 is 0 Å². The van der Waals surface area contributed by atoms with Crippen LogP contribution >= 0.6 is 0 Å². The molecular weight excluding hydrogens is 293 g/mol. The number of anilines is 2. The van der Waals surface area contributed by atoms with Gasteiger partial charge in [-0.15, -0.1) is 0 Å². The Labute approximate surface area is 115 Å². The van der Waals surface area contributed by atoms with Gasteiger partial charge in [-0.3, -0.25) is 0 Å². The smallest absolute Gasteiger partial charge is 0.399 e. The fourth-order valence-corrected chi connectivity index (χ4v) is 3.92. The Morgan fingerprint density at radius 3 is 2.60 bits per heavy atom. The third-order valence-electron chi connectivity index (χ3n) is 3.17. The number of hydrogen-bond donors (Lipinski definition) is 2. The molecule has 1 aliphatic heterocycles. The topological polar surface area (TPSA) is 72.2 Å². The summed E-state index contributed by atoms with van der Waals surface area (Å²) in [5.74, 6) is -0.0479. The van der Waals surface area contributed by atoms with Crippen LogP contribution < -0.4 is 11.1 Å². The minimum absolute atomic E-state index is 0.0131. The third kappa shape index (κ3) is 3.56. The van der Waals surface area contributed by atoms with Crippen molar-refractivity contribution in [3.05, 3.63) is 23.8 Å². The molecule has 4 nitrogen and oxygen atoms in total. The SMILES string of the molecule is Nc1ccc(NC2CCCS(=O)(=O)C2)c(C(F)(F)F)c1. The second kappa shape index (κ2) is 5.16. The van der Waals surface area contributed by atoms with Crippen molar-refractivity contribution in [1.82, 2.24) is 0 Å². The van der Waals surface area contributed by atoms with Crippen LogP contribution in [0.25, 0.3) is 0 Å². The monoisotopic (exact) mass is 308 g/mol. The van der Waals surface area contributed by atoms with E-state index < -0.39 is 27.6 Å². The molecule has 0 aliphatic carbocycles. The number of nitrogens with two attached hydrogens (primary N) is 1. The highest BCUT2D eigenvalue weighted by Crippen LogP contribution is 2.36. The van der Waals surface area contributed by atoms with Crippen molar-refractivity contribution in [2.24, 2.45) is 0 Å². The van der Waals surface area contributed by atoms with Gasteiger partial charge in [0.1, 0.15) is 0 Å². The van der Waals surface area contributed by atoms with Crippen molar-refractivity contribution < 1.29 is 21.6 Å². The lowest BCUT2D eigenvalue weighted by Crippen LogP contribution is -2.35. The first-order chi connectivity index (χ1) is 9.17. The van der Waals surface area contributed by atoms with Gasteiger partial charge < -0.3 is 11.1 Å². The Morgan fingerprint density at radius 2 is 2.00 bits per heavy atom. The average molecular weight is 308 g/mol. The van der Waals surface area contributed by atoms with Crippen LogP contribution in [0.1, 0.15) is 18.4 Å². The summed E-state index contributed by atoms with van der Waals surface area (Å²) < 4.78 is 61.8. The van der Waals surface area contributed by atoms with Crippen LogP contribution in [0.5, 0.6) is 0 Å². The van der Waals surface area contributed by atoms with E-state index in [0.717, 1.165) is 6.07 Å². The molecule has 1 fully saturated rings. The van der Waals surface area contributed by atoms with Gasteiger partial charge >= 0.3 is 6.18 Å². The molecule has 0 spiro atoms. The van der Waals surface area contributed by atoms with Crippen molar-refractivity contribution in [2.75, 3.05) is 22.6 Å². The Kier molecular flexibility index (Phi) is 3.86. The lowest BCUT2D eigenvalue weighted by Gasteiger charge is -2.25. The van der Waals surface area contributed by atoms with Crippen LogP contribution in [0.2, 0.25) is 0 Å². The fraction of sp³-hybridized carbons (Fsp3) is 0.500. The number of nitrogens with one attached hydrogen (secondary N) is 1. The molecule has 1 unspecified atom stereocenters. The quantitative estimate of drug-likeness (QED) is 0.822. The number of hydrogen-bond acceptors (Lipinski definition) is 4. The zero-order chi connectivity index (χ0) is 15.0. The molecule has 0 aromatic heterocycles. The number of nitrogen functional groups attached to an aromatic ring is 1. The molecule has 0 bridgehead atoms. The number of halogens is 3. The number of benzene rings is 1. The summed E-state index contributed by atoms with van der Waals surface area (Å²) in [4.78, 5) is 0. The highest BCUT2D eigenvalue weighted by Gasteiger charge is 2.35. The molecule has 1 aliphatic rings. The van der Waals surface area contributed by atoms with Crippen molar-refractivity contribution in [3.63, 3.8) is 0 Å². The van der Waals surface area contributed by atoms with Gasteiger partial charge in [0.15, 0.2) is 9.84 Å². The summed E-state index contributed by atoms with van der Waals surface area (Å²) >= 11 is 0. The zero-order valence-electron chi connectivity index (χ0n) is 10.6. The summed E-state index contributed by atoms with van der Waals surface area (Å²) in [6.07, 6.45) is -3.55. The molecule has 112 valence electrons. The second-order valence-electron chi connectivity index (χ2n) is 4.90. The fourth-order valence-electron chi connectivity index (χ4n) is 2.28. The van der Waals surface area contributed by atoms with Crippen LogP contribution in [0.15, 0.2) is 18.2 Å². The van der Waals surface area contributed by atoms with E-state index in [1.54, 1.807) is 0 Å². The van der Waals surface area contributed by atoms with Gasteiger partial charge in [0.05, 0.1) is 17.1 Å². The van der Waals surface area contributed by atoms with Gasteiger partial charge in [-0.25, -0.2) is 8.42 Å². The molecule has 2 rings (SSSR count). The van der Waals surface area contributed by atoms with Crippen LogP contribution in [-0.4, -0.2) is 26.0 Å². The standard InChI is InChI=1S/C12H15F3N2O2S/c13-12(14,15)10-6-8(16)3-4-11(10)17-9-2-1-5-20(18,19)7-9/h3-4,6,9,17H,1-2,5,7,16H2. The maximum Gasteiger partial charge on any atom is 0.418 e. The van der Waals surface area contributed by atoms with E-state index in [-0.39, 0.29) is 22.9 Å². The van der Waals surface area contributed by atoms with Crippen LogP contribution in [0, 0.1) is 0 Å². The summed E-state index contributed by atoms with van der Waals surface area (Å²) in [7, 11) is -3.18. The Hall–Kier alpha value is -1.44. The largest absolute Gasteiger partial charge is 0.418 e. The summed E-state index contributed by atoms with van der Waals surface area (Å²) in [5, 5.41) is 2.68. The Bertz CT molecular complexity index is 599. The molecule has 1 saturated heterocycles. The van der Waals surface area contributed by atoms with Gasteiger partial charge in [0, 0.05) is 17.4 Å². The molecule has 1 heterocycles. The van der Waals surface area contributed by atoms with E-state index in [0.29, 0.717) is 12.8 Å². The van der Waals surface area contributed by atoms with Gasteiger partial charge in [-0.2, -0.15) is 13.2 Å². The van der Waals surface area contributed by atoms with E-state index in [2.05, 4.69) is 5.32 Å². The number of rotatable bonds is 2.